The van der Waals surface area contributed by atoms with Gasteiger partial charge in [-0.2, -0.15) is 0 Å². The van der Waals surface area contributed by atoms with Crippen molar-refractivity contribution in [2.24, 2.45) is 0 Å². The third-order valence-electron chi connectivity index (χ3n) is 4.73. The van der Waals surface area contributed by atoms with Crippen LogP contribution in [0, 0.1) is 13.8 Å². The lowest BCUT2D eigenvalue weighted by molar-refractivity contribution is 0.393. The Balaban J connectivity index is 1.90. The standard InChI is InChI=1S/C22H24N4O2/c1-13(2)23-22-21(24-19-8-6-7-11-26(19)22)17-10-9-16(12-18(17)27-5)20-14(3)25-28-15(20)4/h6-13,23H,1-5H3. The molecular formula is C22H24N4O2. The topological polar surface area (TPSA) is 64.6 Å². The Labute approximate surface area is 164 Å². The smallest absolute Gasteiger partial charge is 0.141 e. The average molecular weight is 376 g/mol. The molecule has 0 radical (unpaired) electrons. The lowest BCUT2D eigenvalue weighted by Gasteiger charge is -2.14. The molecule has 0 aliphatic heterocycles. The Morgan fingerprint density at radius 2 is 1.96 bits per heavy atom. The van der Waals surface area contributed by atoms with E-state index in [1.54, 1.807) is 7.11 Å². The highest BCUT2D eigenvalue weighted by atomic mass is 16.5. The van der Waals surface area contributed by atoms with E-state index in [1.807, 2.05) is 50.4 Å². The summed E-state index contributed by atoms with van der Waals surface area (Å²) in [6, 6.07) is 12.4. The van der Waals surface area contributed by atoms with Gasteiger partial charge in [0, 0.05) is 23.4 Å². The van der Waals surface area contributed by atoms with Crippen LogP contribution in [0.2, 0.25) is 0 Å². The number of rotatable bonds is 5. The number of fused-ring (bicyclic) bond motifs is 1. The first-order chi connectivity index (χ1) is 13.5. The van der Waals surface area contributed by atoms with E-state index in [0.29, 0.717) is 0 Å². The highest BCUT2D eigenvalue weighted by molar-refractivity contribution is 5.83. The lowest BCUT2D eigenvalue weighted by Crippen LogP contribution is -2.12. The molecular weight excluding hydrogens is 352 g/mol. The molecule has 0 atom stereocenters. The summed E-state index contributed by atoms with van der Waals surface area (Å²) in [5, 5.41) is 7.59. The number of nitrogens with one attached hydrogen (secondary N) is 1. The number of hydrogen-bond donors (Lipinski definition) is 1. The quantitative estimate of drug-likeness (QED) is 0.525. The molecule has 0 saturated heterocycles. The number of pyridine rings is 1. The number of aromatic nitrogens is 3. The molecule has 3 heterocycles. The van der Waals surface area contributed by atoms with Crippen molar-refractivity contribution < 1.29 is 9.26 Å². The maximum Gasteiger partial charge on any atom is 0.141 e. The van der Waals surface area contributed by atoms with Crippen molar-refractivity contribution in [2.75, 3.05) is 12.4 Å². The molecule has 4 rings (SSSR count). The largest absolute Gasteiger partial charge is 0.496 e. The van der Waals surface area contributed by atoms with E-state index < -0.39 is 0 Å². The van der Waals surface area contributed by atoms with E-state index in [-0.39, 0.29) is 6.04 Å². The summed E-state index contributed by atoms with van der Waals surface area (Å²) < 4.78 is 13.1. The zero-order chi connectivity index (χ0) is 19.8. The molecule has 1 N–H and O–H groups in total. The average Bonchev–Trinajstić information content (AvgIpc) is 3.21. The molecule has 6 nitrogen and oxygen atoms in total. The van der Waals surface area contributed by atoms with Gasteiger partial charge < -0.3 is 14.6 Å². The number of ether oxygens (including phenoxy) is 1. The number of imidazole rings is 1. The maximum absolute atomic E-state index is 5.75. The molecule has 28 heavy (non-hydrogen) atoms. The van der Waals surface area contributed by atoms with E-state index in [1.165, 1.54) is 0 Å². The molecule has 4 aromatic rings. The van der Waals surface area contributed by atoms with Crippen molar-refractivity contribution in [3.63, 3.8) is 0 Å². The minimum Gasteiger partial charge on any atom is -0.496 e. The van der Waals surface area contributed by atoms with Gasteiger partial charge in [0.05, 0.1) is 12.8 Å². The molecule has 0 aliphatic carbocycles. The highest BCUT2D eigenvalue weighted by Gasteiger charge is 2.20. The molecule has 0 fully saturated rings. The normalized spacial score (nSPS) is 11.4. The van der Waals surface area contributed by atoms with Gasteiger partial charge in [0.15, 0.2) is 0 Å². The first-order valence-electron chi connectivity index (χ1n) is 9.35. The fraction of sp³-hybridized carbons (Fsp3) is 0.273. The molecule has 0 amide bonds. The Kier molecular flexibility index (Phi) is 4.55. The molecule has 0 spiro atoms. The van der Waals surface area contributed by atoms with Crippen LogP contribution in [0.15, 0.2) is 47.1 Å². The highest BCUT2D eigenvalue weighted by Crippen LogP contribution is 2.39. The number of aryl methyl sites for hydroxylation is 2. The van der Waals surface area contributed by atoms with E-state index in [9.17, 15) is 0 Å². The van der Waals surface area contributed by atoms with E-state index >= 15 is 0 Å². The first kappa shape index (κ1) is 18.1. The van der Waals surface area contributed by atoms with Crippen LogP contribution in [-0.2, 0) is 0 Å². The van der Waals surface area contributed by atoms with Gasteiger partial charge in [-0.25, -0.2) is 4.98 Å². The maximum atomic E-state index is 5.75. The zero-order valence-electron chi connectivity index (χ0n) is 16.8. The van der Waals surface area contributed by atoms with Crippen molar-refractivity contribution >= 4 is 11.5 Å². The summed E-state index contributed by atoms with van der Waals surface area (Å²) in [5.41, 5.74) is 5.56. The predicted molar refractivity (Wildman–Crippen MR) is 111 cm³/mol. The second kappa shape index (κ2) is 7.03. The number of benzene rings is 1. The summed E-state index contributed by atoms with van der Waals surface area (Å²) in [7, 11) is 1.68. The molecule has 3 aromatic heterocycles. The first-order valence-corrected chi connectivity index (χ1v) is 9.35. The van der Waals surface area contributed by atoms with Crippen molar-refractivity contribution in [3.05, 3.63) is 54.0 Å². The monoisotopic (exact) mass is 376 g/mol. The van der Waals surface area contributed by atoms with E-state index in [0.717, 1.165) is 51.1 Å². The van der Waals surface area contributed by atoms with Crippen LogP contribution >= 0.6 is 0 Å². The molecule has 6 heteroatoms. The van der Waals surface area contributed by atoms with Crippen LogP contribution in [0.1, 0.15) is 25.3 Å². The van der Waals surface area contributed by atoms with Gasteiger partial charge in [0.2, 0.25) is 0 Å². The van der Waals surface area contributed by atoms with Crippen LogP contribution in [0.5, 0.6) is 5.75 Å². The minimum atomic E-state index is 0.270. The summed E-state index contributed by atoms with van der Waals surface area (Å²) in [6.45, 7) is 8.09. The van der Waals surface area contributed by atoms with Crippen LogP contribution in [0.3, 0.4) is 0 Å². The molecule has 144 valence electrons. The summed E-state index contributed by atoms with van der Waals surface area (Å²) in [6.07, 6.45) is 2.02. The fourth-order valence-electron chi connectivity index (χ4n) is 3.53. The number of nitrogens with zero attached hydrogens (tertiary/aromatic N) is 3. The van der Waals surface area contributed by atoms with Crippen molar-refractivity contribution in [3.8, 4) is 28.1 Å². The summed E-state index contributed by atoms with van der Waals surface area (Å²) in [5.74, 6) is 2.50. The van der Waals surface area contributed by atoms with E-state index in [4.69, 9.17) is 14.2 Å². The second-order valence-electron chi connectivity index (χ2n) is 7.15. The van der Waals surface area contributed by atoms with Crippen molar-refractivity contribution in [2.45, 2.75) is 33.7 Å². The van der Waals surface area contributed by atoms with Crippen molar-refractivity contribution in [1.82, 2.24) is 14.5 Å². The second-order valence-corrected chi connectivity index (χ2v) is 7.15. The number of methoxy groups -OCH3 is 1. The third kappa shape index (κ3) is 3.01. The Bertz CT molecular complexity index is 1120. The van der Waals surface area contributed by atoms with Crippen molar-refractivity contribution in [1.29, 1.82) is 0 Å². The Hall–Kier alpha value is -3.28. The van der Waals surface area contributed by atoms with Gasteiger partial charge in [0.1, 0.15) is 28.7 Å². The molecule has 0 aliphatic rings. The predicted octanol–water partition coefficient (Wildman–Crippen LogP) is 5.10. The Morgan fingerprint density at radius 3 is 2.64 bits per heavy atom. The van der Waals surface area contributed by atoms with Crippen LogP contribution in [-0.4, -0.2) is 27.7 Å². The van der Waals surface area contributed by atoms with Gasteiger partial charge >= 0.3 is 0 Å². The van der Waals surface area contributed by atoms with Gasteiger partial charge in [-0.05, 0) is 57.5 Å². The molecule has 1 aromatic carbocycles. The minimum absolute atomic E-state index is 0.270. The summed E-state index contributed by atoms with van der Waals surface area (Å²) >= 11 is 0. The summed E-state index contributed by atoms with van der Waals surface area (Å²) in [4.78, 5) is 4.86. The van der Waals surface area contributed by atoms with Gasteiger partial charge in [0.25, 0.3) is 0 Å². The van der Waals surface area contributed by atoms with Gasteiger partial charge in [-0.1, -0.05) is 17.3 Å². The van der Waals surface area contributed by atoms with Gasteiger partial charge in [-0.15, -0.1) is 0 Å². The van der Waals surface area contributed by atoms with Crippen LogP contribution in [0.4, 0.5) is 5.82 Å². The Morgan fingerprint density at radius 1 is 1.14 bits per heavy atom. The third-order valence-corrected chi connectivity index (χ3v) is 4.73. The van der Waals surface area contributed by atoms with Crippen LogP contribution < -0.4 is 10.1 Å². The zero-order valence-corrected chi connectivity index (χ0v) is 16.8. The van der Waals surface area contributed by atoms with E-state index in [2.05, 4.69) is 34.8 Å². The molecule has 0 saturated carbocycles. The fourth-order valence-corrected chi connectivity index (χ4v) is 3.53. The number of hydrogen-bond acceptors (Lipinski definition) is 5. The SMILES string of the molecule is COc1cc(-c2c(C)noc2C)ccc1-c1nc2ccccn2c1NC(C)C. The molecule has 0 bridgehead atoms. The lowest BCUT2D eigenvalue weighted by atomic mass is 10.0. The van der Waals surface area contributed by atoms with Crippen LogP contribution in [0.25, 0.3) is 28.0 Å². The number of anilines is 1. The van der Waals surface area contributed by atoms with Gasteiger partial charge in [-0.3, -0.25) is 4.40 Å². The molecule has 0 unspecified atom stereocenters.